The highest BCUT2D eigenvalue weighted by molar-refractivity contribution is 5.80. The fourth-order valence-electron chi connectivity index (χ4n) is 4.61. The number of carboxylic acid groups (broad SMARTS) is 1. The van der Waals surface area contributed by atoms with Crippen molar-refractivity contribution in [2.24, 2.45) is 0 Å². The van der Waals surface area contributed by atoms with Gasteiger partial charge in [-0.2, -0.15) is 0 Å². The Hall–Kier alpha value is -3.74. The van der Waals surface area contributed by atoms with Crippen LogP contribution in [0.25, 0.3) is 11.1 Å². The maximum Gasteiger partial charge on any atom is 0.307 e. The Bertz CT molecular complexity index is 1230. The molecule has 0 aliphatic carbocycles. The quantitative estimate of drug-likeness (QED) is 0.495. The number of rotatable bonds is 8. The van der Waals surface area contributed by atoms with E-state index in [-0.39, 0.29) is 30.6 Å². The topological polar surface area (TPSA) is 79.7 Å². The van der Waals surface area contributed by atoms with E-state index in [0.717, 1.165) is 16.8 Å². The van der Waals surface area contributed by atoms with E-state index in [1.807, 2.05) is 32.0 Å². The second-order valence-corrected chi connectivity index (χ2v) is 8.81. The predicted octanol–water partition coefficient (Wildman–Crippen LogP) is 4.99. The fraction of sp³-hybridized carbons (Fsp3) is 0.321. The number of carbonyl (C=O) groups is 2. The number of aromatic nitrogens is 1. The third-order valence-electron chi connectivity index (χ3n) is 6.37. The van der Waals surface area contributed by atoms with Gasteiger partial charge in [-0.3, -0.25) is 14.6 Å². The van der Waals surface area contributed by atoms with Gasteiger partial charge in [0.2, 0.25) is 5.91 Å². The summed E-state index contributed by atoms with van der Waals surface area (Å²) in [5, 5.41) is 9.25. The van der Waals surface area contributed by atoms with Crippen LogP contribution in [-0.4, -0.2) is 40.0 Å². The highest BCUT2D eigenvalue weighted by Gasteiger charge is 2.27. The van der Waals surface area contributed by atoms with E-state index >= 15 is 0 Å². The van der Waals surface area contributed by atoms with Crippen molar-refractivity contribution in [2.45, 2.75) is 45.6 Å². The van der Waals surface area contributed by atoms with Crippen LogP contribution in [0.5, 0.6) is 5.75 Å². The van der Waals surface area contributed by atoms with E-state index in [0.29, 0.717) is 48.4 Å². The molecule has 0 fully saturated rings. The maximum atomic E-state index is 14.8. The molecule has 7 heteroatoms. The molecular weight excluding hydrogens is 447 g/mol. The van der Waals surface area contributed by atoms with Gasteiger partial charge in [0.25, 0.3) is 0 Å². The Kier molecular flexibility index (Phi) is 7.44. The third-order valence-corrected chi connectivity index (χ3v) is 6.37. The van der Waals surface area contributed by atoms with Crippen molar-refractivity contribution in [3.8, 4) is 16.9 Å². The first-order valence-electron chi connectivity index (χ1n) is 11.8. The van der Waals surface area contributed by atoms with Gasteiger partial charge in [0, 0.05) is 42.9 Å². The summed E-state index contributed by atoms with van der Waals surface area (Å²) in [5.41, 5.74) is 4.29. The molecule has 0 spiro atoms. The van der Waals surface area contributed by atoms with Crippen molar-refractivity contribution >= 4 is 11.9 Å². The largest absolute Gasteiger partial charge is 0.493 e. The Labute approximate surface area is 204 Å². The summed E-state index contributed by atoms with van der Waals surface area (Å²) < 4.78 is 20.6. The molecule has 0 saturated carbocycles. The highest BCUT2D eigenvalue weighted by atomic mass is 19.1. The number of amides is 1. The molecule has 1 aromatic heterocycles. The molecule has 35 heavy (non-hydrogen) atoms. The average molecular weight is 477 g/mol. The monoisotopic (exact) mass is 476 g/mol. The van der Waals surface area contributed by atoms with Crippen LogP contribution in [0.15, 0.2) is 54.7 Å². The lowest BCUT2D eigenvalue weighted by molar-refractivity contribution is -0.136. The zero-order valence-corrected chi connectivity index (χ0v) is 20.0. The van der Waals surface area contributed by atoms with Gasteiger partial charge < -0.3 is 14.7 Å². The average Bonchev–Trinajstić information content (AvgIpc) is 2.85. The van der Waals surface area contributed by atoms with Crippen LogP contribution in [0.4, 0.5) is 4.39 Å². The minimum Gasteiger partial charge on any atom is -0.493 e. The third kappa shape index (κ3) is 5.50. The van der Waals surface area contributed by atoms with Crippen LogP contribution >= 0.6 is 0 Å². The van der Waals surface area contributed by atoms with Gasteiger partial charge in [0.05, 0.1) is 13.0 Å². The number of benzene rings is 2. The van der Waals surface area contributed by atoms with E-state index in [2.05, 4.69) is 4.98 Å². The van der Waals surface area contributed by atoms with Gasteiger partial charge in [-0.15, -0.1) is 0 Å². The second kappa shape index (κ2) is 10.7. The molecule has 4 rings (SSSR count). The molecule has 0 unspecified atom stereocenters. The second-order valence-electron chi connectivity index (χ2n) is 8.81. The SMILES string of the molecule is CCOc1ccc(CC(=O)O)cc1-c1ccc(F)c2c1CN(C(=O)C[C@H](C)c1ccccn1)CC2. The van der Waals surface area contributed by atoms with Gasteiger partial charge in [0.15, 0.2) is 0 Å². The van der Waals surface area contributed by atoms with Gasteiger partial charge in [-0.25, -0.2) is 4.39 Å². The van der Waals surface area contributed by atoms with E-state index in [1.165, 1.54) is 6.07 Å². The van der Waals surface area contributed by atoms with Crippen molar-refractivity contribution in [1.29, 1.82) is 0 Å². The Morgan fingerprint density at radius 2 is 1.97 bits per heavy atom. The molecule has 0 bridgehead atoms. The molecular formula is C28H29FN2O4. The molecule has 2 heterocycles. The number of hydrogen-bond acceptors (Lipinski definition) is 4. The number of carbonyl (C=O) groups excluding carboxylic acids is 1. The van der Waals surface area contributed by atoms with Gasteiger partial charge >= 0.3 is 5.97 Å². The summed E-state index contributed by atoms with van der Waals surface area (Å²) in [6.45, 7) is 5.01. The lowest BCUT2D eigenvalue weighted by atomic mass is 9.89. The van der Waals surface area contributed by atoms with E-state index in [9.17, 15) is 19.1 Å². The van der Waals surface area contributed by atoms with Crippen LogP contribution in [-0.2, 0) is 29.0 Å². The molecule has 0 radical (unpaired) electrons. The predicted molar refractivity (Wildman–Crippen MR) is 131 cm³/mol. The molecule has 1 amide bonds. The Morgan fingerprint density at radius 3 is 2.69 bits per heavy atom. The molecule has 0 saturated heterocycles. The summed E-state index contributed by atoms with van der Waals surface area (Å²) >= 11 is 0. The van der Waals surface area contributed by atoms with Gasteiger partial charge in [-0.05, 0) is 65.9 Å². The first-order chi connectivity index (χ1) is 16.9. The molecule has 1 aliphatic heterocycles. The number of ether oxygens (including phenoxy) is 1. The first-order valence-corrected chi connectivity index (χ1v) is 11.8. The number of halogens is 1. The molecule has 2 aromatic carbocycles. The maximum absolute atomic E-state index is 14.8. The van der Waals surface area contributed by atoms with Crippen LogP contribution in [0, 0.1) is 5.82 Å². The molecule has 1 N–H and O–H groups in total. The van der Waals surface area contributed by atoms with Crippen molar-refractivity contribution in [3.05, 3.63) is 82.9 Å². The number of pyridine rings is 1. The van der Waals surface area contributed by atoms with Crippen LogP contribution in [0.1, 0.15) is 48.6 Å². The summed E-state index contributed by atoms with van der Waals surface area (Å²) in [5.74, 6) is -0.664. The zero-order valence-electron chi connectivity index (χ0n) is 20.0. The highest BCUT2D eigenvalue weighted by Crippen LogP contribution is 2.38. The number of fused-ring (bicyclic) bond motifs is 1. The van der Waals surface area contributed by atoms with Crippen molar-refractivity contribution in [2.75, 3.05) is 13.2 Å². The van der Waals surface area contributed by atoms with Crippen molar-refractivity contribution < 1.29 is 23.8 Å². The summed E-state index contributed by atoms with van der Waals surface area (Å²) in [4.78, 5) is 30.6. The molecule has 6 nitrogen and oxygen atoms in total. The van der Waals surface area contributed by atoms with Gasteiger partial charge in [0.1, 0.15) is 11.6 Å². The molecule has 3 aromatic rings. The smallest absolute Gasteiger partial charge is 0.307 e. The number of carboxylic acids is 1. The van der Waals surface area contributed by atoms with Crippen LogP contribution in [0.2, 0.25) is 0 Å². The lowest BCUT2D eigenvalue weighted by Crippen LogP contribution is -2.37. The summed E-state index contributed by atoms with van der Waals surface area (Å²) in [7, 11) is 0. The molecule has 1 atom stereocenters. The van der Waals surface area contributed by atoms with Gasteiger partial charge in [-0.1, -0.05) is 25.1 Å². The Morgan fingerprint density at radius 1 is 1.14 bits per heavy atom. The van der Waals surface area contributed by atoms with Crippen LogP contribution in [0.3, 0.4) is 0 Å². The van der Waals surface area contributed by atoms with E-state index < -0.39 is 5.97 Å². The first kappa shape index (κ1) is 24.4. The summed E-state index contributed by atoms with van der Waals surface area (Å²) in [6.07, 6.45) is 2.32. The number of aliphatic carboxylic acids is 1. The minimum absolute atomic E-state index is 0.00586. The normalized spacial score (nSPS) is 13.7. The van der Waals surface area contributed by atoms with E-state index in [1.54, 1.807) is 35.4 Å². The van der Waals surface area contributed by atoms with Crippen LogP contribution < -0.4 is 4.74 Å². The summed E-state index contributed by atoms with van der Waals surface area (Å²) in [6, 6.07) is 14.1. The van der Waals surface area contributed by atoms with Crippen molar-refractivity contribution in [3.63, 3.8) is 0 Å². The lowest BCUT2D eigenvalue weighted by Gasteiger charge is -2.32. The molecule has 1 aliphatic rings. The fourth-order valence-corrected chi connectivity index (χ4v) is 4.61. The Balaban J connectivity index is 1.66. The standard InChI is InChI=1S/C28H29FN2O4/c1-3-35-26-10-7-19(16-28(33)34)15-22(26)20-8-9-24(29)21-11-13-31(17-23(20)21)27(32)14-18(2)25-6-4-5-12-30-25/h4-10,12,15,18H,3,11,13-14,16-17H2,1-2H3,(H,33,34)/t18-/m0/s1. The number of hydrogen-bond donors (Lipinski definition) is 1. The van der Waals surface area contributed by atoms with Crippen molar-refractivity contribution in [1.82, 2.24) is 9.88 Å². The molecule has 182 valence electrons. The van der Waals surface area contributed by atoms with E-state index in [4.69, 9.17) is 4.74 Å². The minimum atomic E-state index is -0.931. The number of nitrogens with zero attached hydrogens (tertiary/aromatic N) is 2. The zero-order chi connectivity index (χ0) is 24.9.